The lowest BCUT2D eigenvalue weighted by Gasteiger charge is -2.09. The quantitative estimate of drug-likeness (QED) is 0.443. The van der Waals surface area contributed by atoms with Crippen molar-refractivity contribution < 1.29 is 19.1 Å². The fourth-order valence-electron chi connectivity index (χ4n) is 1.96. The lowest BCUT2D eigenvalue weighted by atomic mass is 10.1. The molecule has 2 aromatic rings. The summed E-state index contributed by atoms with van der Waals surface area (Å²) in [6.07, 6.45) is 1.40. The lowest BCUT2D eigenvalue weighted by Crippen LogP contribution is -2.14. The van der Waals surface area contributed by atoms with Gasteiger partial charge in [-0.2, -0.15) is 5.26 Å². The van der Waals surface area contributed by atoms with Gasteiger partial charge in [0.15, 0.2) is 6.61 Å². The number of rotatable bonds is 6. The number of nitrogens with one attached hydrogen (secondary N) is 1. The molecule has 1 amide bonds. The number of para-hydroxylation sites is 1. The Hall–Kier alpha value is -3.11. The smallest absolute Gasteiger partial charge is 0.343 e. The molecule has 0 aliphatic carbocycles. The molecule has 0 saturated heterocycles. The summed E-state index contributed by atoms with van der Waals surface area (Å²) in [6, 6.07) is 15.6. The minimum absolute atomic E-state index is 0.0953. The van der Waals surface area contributed by atoms with Crippen LogP contribution >= 0.6 is 15.9 Å². The Morgan fingerprint density at radius 2 is 1.88 bits per heavy atom. The third kappa shape index (κ3) is 5.46. The third-order valence-corrected chi connectivity index (χ3v) is 3.79. The molecule has 0 unspecified atom stereocenters. The van der Waals surface area contributed by atoms with Crippen molar-refractivity contribution in [1.82, 2.24) is 0 Å². The van der Waals surface area contributed by atoms with Crippen molar-refractivity contribution in [3.8, 4) is 11.8 Å². The van der Waals surface area contributed by atoms with Gasteiger partial charge in [0.2, 0.25) is 0 Å². The van der Waals surface area contributed by atoms with Crippen LogP contribution in [0.25, 0.3) is 6.08 Å². The predicted molar refractivity (Wildman–Crippen MR) is 100 cm³/mol. The second kappa shape index (κ2) is 9.39. The summed E-state index contributed by atoms with van der Waals surface area (Å²) in [5, 5.41) is 12.0. The third-order valence-electron chi connectivity index (χ3n) is 3.26. The molecule has 2 rings (SSSR count). The van der Waals surface area contributed by atoms with Gasteiger partial charge in [-0.25, -0.2) is 4.79 Å². The molecule has 132 valence electrons. The van der Waals surface area contributed by atoms with Crippen LogP contribution in [0.15, 0.2) is 58.6 Å². The molecule has 0 radical (unpaired) electrons. The van der Waals surface area contributed by atoms with Gasteiger partial charge in [0, 0.05) is 15.7 Å². The monoisotopic (exact) mass is 414 g/mol. The highest BCUT2D eigenvalue weighted by Crippen LogP contribution is 2.22. The Balaban J connectivity index is 2.20. The maximum atomic E-state index is 12.3. The first-order valence-corrected chi connectivity index (χ1v) is 8.30. The van der Waals surface area contributed by atoms with Gasteiger partial charge in [-0.3, -0.25) is 4.79 Å². The molecule has 0 fully saturated rings. The van der Waals surface area contributed by atoms with E-state index in [1.54, 1.807) is 48.5 Å². The summed E-state index contributed by atoms with van der Waals surface area (Å²) in [6.45, 7) is -0.270. The SMILES string of the molecule is COC(=O)COc1ccccc1/C=C(\C#N)C(=O)Nc1ccc(Br)cc1. The number of hydrogen-bond donors (Lipinski definition) is 1. The van der Waals surface area contributed by atoms with Crippen LogP contribution in [0.2, 0.25) is 0 Å². The topological polar surface area (TPSA) is 88.4 Å². The number of nitriles is 1. The summed E-state index contributed by atoms with van der Waals surface area (Å²) in [7, 11) is 1.26. The molecular formula is C19H15BrN2O4. The number of anilines is 1. The second-order valence-corrected chi connectivity index (χ2v) is 5.95. The van der Waals surface area contributed by atoms with E-state index in [1.165, 1.54) is 13.2 Å². The normalized spacial score (nSPS) is 10.6. The van der Waals surface area contributed by atoms with Gasteiger partial charge in [0.25, 0.3) is 5.91 Å². The Morgan fingerprint density at radius 1 is 1.19 bits per heavy atom. The minimum Gasteiger partial charge on any atom is -0.481 e. The number of benzene rings is 2. The average Bonchev–Trinajstić information content (AvgIpc) is 2.66. The molecule has 26 heavy (non-hydrogen) atoms. The average molecular weight is 415 g/mol. The van der Waals surface area contributed by atoms with E-state index in [1.807, 2.05) is 6.07 Å². The van der Waals surface area contributed by atoms with E-state index in [0.717, 1.165) is 4.47 Å². The maximum absolute atomic E-state index is 12.3. The van der Waals surface area contributed by atoms with Crippen LogP contribution in [0.1, 0.15) is 5.56 Å². The van der Waals surface area contributed by atoms with E-state index in [4.69, 9.17) is 4.74 Å². The van der Waals surface area contributed by atoms with E-state index in [9.17, 15) is 14.9 Å². The number of amides is 1. The molecule has 0 bridgehead atoms. The lowest BCUT2D eigenvalue weighted by molar-refractivity contribution is -0.142. The predicted octanol–water partition coefficient (Wildman–Crippen LogP) is 3.55. The van der Waals surface area contributed by atoms with Gasteiger partial charge >= 0.3 is 5.97 Å². The van der Waals surface area contributed by atoms with Crippen LogP contribution in [0.4, 0.5) is 5.69 Å². The number of methoxy groups -OCH3 is 1. The fraction of sp³-hybridized carbons (Fsp3) is 0.105. The number of carbonyl (C=O) groups excluding carboxylic acids is 2. The molecule has 0 aromatic heterocycles. The number of ether oxygens (including phenoxy) is 2. The van der Waals surface area contributed by atoms with Gasteiger partial charge in [-0.1, -0.05) is 34.1 Å². The van der Waals surface area contributed by atoms with Crippen LogP contribution in [0, 0.1) is 11.3 Å². The first-order chi connectivity index (χ1) is 12.5. The summed E-state index contributed by atoms with van der Waals surface area (Å²) in [5.74, 6) is -0.711. The Labute approximate surface area is 159 Å². The molecule has 2 aromatic carbocycles. The molecule has 0 aliphatic heterocycles. The molecule has 0 spiro atoms. The molecule has 7 heteroatoms. The largest absolute Gasteiger partial charge is 0.481 e. The van der Waals surface area contributed by atoms with Crippen molar-refractivity contribution in [1.29, 1.82) is 5.26 Å². The van der Waals surface area contributed by atoms with Gasteiger partial charge in [0.1, 0.15) is 17.4 Å². The molecule has 0 aliphatic rings. The van der Waals surface area contributed by atoms with Gasteiger partial charge < -0.3 is 14.8 Å². The van der Waals surface area contributed by atoms with E-state index >= 15 is 0 Å². The van der Waals surface area contributed by atoms with Crippen molar-refractivity contribution in [3.05, 3.63) is 64.1 Å². The van der Waals surface area contributed by atoms with Crippen LogP contribution < -0.4 is 10.1 Å². The van der Waals surface area contributed by atoms with Crippen LogP contribution in [-0.2, 0) is 14.3 Å². The van der Waals surface area contributed by atoms with Crippen LogP contribution in [-0.4, -0.2) is 25.6 Å². The number of carbonyl (C=O) groups is 2. The fourth-order valence-corrected chi connectivity index (χ4v) is 2.23. The minimum atomic E-state index is -0.544. The van der Waals surface area contributed by atoms with Gasteiger partial charge in [-0.05, 0) is 36.4 Å². The van der Waals surface area contributed by atoms with Crippen LogP contribution in [0.5, 0.6) is 5.75 Å². The summed E-state index contributed by atoms with van der Waals surface area (Å²) < 4.78 is 10.8. The van der Waals surface area contributed by atoms with Gasteiger partial charge in [-0.15, -0.1) is 0 Å². The summed E-state index contributed by atoms with van der Waals surface area (Å²) in [4.78, 5) is 23.6. The van der Waals surface area contributed by atoms with Crippen molar-refractivity contribution in [2.75, 3.05) is 19.0 Å². The Bertz CT molecular complexity index is 870. The van der Waals surface area contributed by atoms with E-state index < -0.39 is 11.9 Å². The summed E-state index contributed by atoms with van der Waals surface area (Å²) in [5.41, 5.74) is 0.968. The first-order valence-electron chi connectivity index (χ1n) is 7.51. The molecule has 0 saturated carbocycles. The van der Waals surface area contributed by atoms with Gasteiger partial charge in [0.05, 0.1) is 7.11 Å². The van der Waals surface area contributed by atoms with Crippen molar-refractivity contribution in [2.45, 2.75) is 0 Å². The number of halogens is 1. The molecular weight excluding hydrogens is 400 g/mol. The van der Waals surface area contributed by atoms with Crippen molar-refractivity contribution >= 4 is 39.6 Å². The number of hydrogen-bond acceptors (Lipinski definition) is 5. The zero-order chi connectivity index (χ0) is 18.9. The highest BCUT2D eigenvalue weighted by Gasteiger charge is 2.12. The number of esters is 1. The first kappa shape index (κ1) is 19.2. The molecule has 6 nitrogen and oxygen atoms in total. The van der Waals surface area contributed by atoms with Crippen molar-refractivity contribution in [3.63, 3.8) is 0 Å². The zero-order valence-corrected chi connectivity index (χ0v) is 15.4. The zero-order valence-electron chi connectivity index (χ0n) is 13.9. The van der Waals surface area contributed by atoms with Crippen molar-refractivity contribution in [2.24, 2.45) is 0 Å². The highest BCUT2D eigenvalue weighted by atomic mass is 79.9. The van der Waals surface area contributed by atoms with Crippen LogP contribution in [0.3, 0.4) is 0 Å². The molecule has 1 N–H and O–H groups in total. The Kier molecular flexibility index (Phi) is 6.94. The van der Waals surface area contributed by atoms with E-state index in [2.05, 4.69) is 26.0 Å². The molecule has 0 heterocycles. The standard InChI is InChI=1S/C19H15BrN2O4/c1-25-18(23)12-26-17-5-3-2-4-13(17)10-14(11-21)19(24)22-16-8-6-15(20)7-9-16/h2-10H,12H2,1H3,(H,22,24)/b14-10+. The Morgan fingerprint density at radius 3 is 2.54 bits per heavy atom. The second-order valence-electron chi connectivity index (χ2n) is 5.03. The summed E-state index contributed by atoms with van der Waals surface area (Å²) >= 11 is 3.31. The number of nitrogens with zero attached hydrogens (tertiary/aromatic N) is 1. The van der Waals surface area contributed by atoms with E-state index in [0.29, 0.717) is 17.0 Å². The maximum Gasteiger partial charge on any atom is 0.343 e. The highest BCUT2D eigenvalue weighted by molar-refractivity contribution is 9.10. The van der Waals surface area contributed by atoms with E-state index in [-0.39, 0.29) is 12.2 Å². The molecule has 0 atom stereocenters.